The van der Waals surface area contributed by atoms with Crippen molar-refractivity contribution in [3.8, 4) is 0 Å². The van der Waals surface area contributed by atoms with Crippen molar-refractivity contribution in [3.05, 3.63) is 65.3 Å². The van der Waals surface area contributed by atoms with Crippen LogP contribution in [-0.4, -0.2) is 15.5 Å². The number of carbonyl (C=O) groups excluding carboxylic acids is 1. The number of carbonyl (C=O) groups is 1. The average Bonchev–Trinajstić information content (AvgIpc) is 2.72. The van der Waals surface area contributed by atoms with Crippen molar-refractivity contribution in [1.29, 1.82) is 0 Å². The first-order valence-electron chi connectivity index (χ1n) is 6.97. The lowest BCUT2D eigenvalue weighted by molar-refractivity contribution is -0.117. The second-order valence-corrected chi connectivity index (χ2v) is 5.24. The fourth-order valence-corrected chi connectivity index (χ4v) is 2.19. The van der Waals surface area contributed by atoms with Crippen molar-refractivity contribution in [3.63, 3.8) is 0 Å². The van der Waals surface area contributed by atoms with Gasteiger partial charge in [0.25, 0.3) is 0 Å². The van der Waals surface area contributed by atoms with E-state index in [2.05, 4.69) is 29.0 Å². The van der Waals surface area contributed by atoms with Crippen LogP contribution in [-0.2, 0) is 24.8 Å². The van der Waals surface area contributed by atoms with Gasteiger partial charge >= 0.3 is 0 Å². The topological polar surface area (TPSA) is 46.9 Å². The molecule has 0 saturated heterocycles. The lowest BCUT2D eigenvalue weighted by Gasteiger charge is -2.09. The molecule has 0 fully saturated rings. The molecule has 21 heavy (non-hydrogen) atoms. The normalized spacial score (nSPS) is 10.4. The van der Waals surface area contributed by atoms with Gasteiger partial charge in [-0.2, -0.15) is 0 Å². The molecule has 4 heteroatoms. The van der Waals surface area contributed by atoms with E-state index in [1.165, 1.54) is 5.56 Å². The van der Waals surface area contributed by atoms with E-state index < -0.39 is 0 Å². The third-order valence-corrected chi connectivity index (χ3v) is 3.54. The van der Waals surface area contributed by atoms with Crippen LogP contribution in [0.1, 0.15) is 29.7 Å². The lowest BCUT2D eigenvalue weighted by Crippen LogP contribution is -2.25. The van der Waals surface area contributed by atoms with Gasteiger partial charge in [-0.3, -0.25) is 4.79 Å². The number of imidazole rings is 1. The van der Waals surface area contributed by atoms with Gasteiger partial charge in [-0.15, -0.1) is 0 Å². The molecular weight excluding hydrogens is 262 g/mol. The fraction of sp³-hybridized carbons (Fsp3) is 0.294. The Kier molecular flexibility index (Phi) is 4.58. The van der Waals surface area contributed by atoms with Crippen LogP contribution in [0.4, 0.5) is 0 Å². The zero-order chi connectivity index (χ0) is 15.4. The molecule has 0 aliphatic carbocycles. The van der Waals surface area contributed by atoms with Crippen LogP contribution in [0, 0.1) is 6.92 Å². The predicted molar refractivity (Wildman–Crippen MR) is 83.9 cm³/mol. The van der Waals surface area contributed by atoms with Gasteiger partial charge in [-0.1, -0.05) is 36.9 Å². The Labute approximate surface area is 125 Å². The number of nitrogens with one attached hydrogen (secondary N) is 1. The Morgan fingerprint density at radius 2 is 2.00 bits per heavy atom. The zero-order valence-electron chi connectivity index (χ0n) is 12.8. The summed E-state index contributed by atoms with van der Waals surface area (Å²) >= 11 is 0. The highest BCUT2D eigenvalue weighted by Gasteiger charge is 2.13. The smallest absolute Gasteiger partial charge is 0.246 e. The highest BCUT2D eigenvalue weighted by atomic mass is 16.1. The van der Waals surface area contributed by atoms with Crippen LogP contribution >= 0.6 is 0 Å². The summed E-state index contributed by atoms with van der Waals surface area (Å²) in [6.45, 7) is 7.79. The van der Waals surface area contributed by atoms with Crippen LogP contribution in [0.5, 0.6) is 0 Å². The van der Waals surface area contributed by atoms with Gasteiger partial charge in [0.15, 0.2) is 0 Å². The summed E-state index contributed by atoms with van der Waals surface area (Å²) in [5.41, 5.74) is 3.76. The van der Waals surface area contributed by atoms with Gasteiger partial charge in [-0.05, 0) is 19.4 Å². The summed E-state index contributed by atoms with van der Waals surface area (Å²) in [5, 5.41) is 2.88. The van der Waals surface area contributed by atoms with E-state index in [4.69, 9.17) is 0 Å². The second kappa shape index (κ2) is 6.39. The number of nitrogens with zero attached hydrogens (tertiary/aromatic N) is 2. The van der Waals surface area contributed by atoms with Crippen LogP contribution in [0.3, 0.4) is 0 Å². The summed E-state index contributed by atoms with van der Waals surface area (Å²) < 4.78 is 2.02. The minimum Gasteiger partial charge on any atom is -0.347 e. The molecule has 1 amide bonds. The van der Waals surface area contributed by atoms with E-state index in [1.807, 2.05) is 36.7 Å². The highest BCUT2D eigenvalue weighted by molar-refractivity contribution is 5.91. The summed E-state index contributed by atoms with van der Waals surface area (Å²) in [6.07, 6.45) is 0.765. The summed E-state index contributed by atoms with van der Waals surface area (Å²) in [5.74, 6) is 0.819. The molecule has 0 unspecified atom stereocenters. The molecule has 1 aromatic carbocycles. The van der Waals surface area contributed by atoms with Crippen molar-refractivity contribution in [2.24, 2.45) is 7.05 Å². The van der Waals surface area contributed by atoms with E-state index in [-0.39, 0.29) is 5.91 Å². The van der Waals surface area contributed by atoms with E-state index in [0.717, 1.165) is 23.6 Å². The third kappa shape index (κ3) is 3.60. The minimum atomic E-state index is -0.125. The minimum absolute atomic E-state index is 0.125. The molecule has 0 radical (unpaired) electrons. The van der Waals surface area contributed by atoms with Crippen molar-refractivity contribution >= 4 is 5.91 Å². The Bertz CT molecular complexity index is 656. The van der Waals surface area contributed by atoms with Gasteiger partial charge < -0.3 is 9.88 Å². The monoisotopic (exact) mass is 283 g/mol. The standard InChI is InChI=1S/C17H21N3O/c1-12(2)17(21)18-11-16-15(19-13(3)20(16)4)10-14-8-6-5-7-9-14/h5-9H,1,10-11H2,2-4H3,(H,18,21). The van der Waals surface area contributed by atoms with Crippen molar-refractivity contribution in [2.45, 2.75) is 26.8 Å². The molecule has 0 saturated carbocycles. The number of hydrogen-bond acceptors (Lipinski definition) is 2. The van der Waals surface area contributed by atoms with Gasteiger partial charge in [0.05, 0.1) is 17.9 Å². The van der Waals surface area contributed by atoms with Crippen molar-refractivity contribution in [1.82, 2.24) is 14.9 Å². The van der Waals surface area contributed by atoms with Crippen LogP contribution in [0.15, 0.2) is 42.5 Å². The molecule has 4 nitrogen and oxygen atoms in total. The maximum atomic E-state index is 11.7. The van der Waals surface area contributed by atoms with Crippen molar-refractivity contribution in [2.75, 3.05) is 0 Å². The van der Waals surface area contributed by atoms with Gasteiger partial charge in [-0.25, -0.2) is 4.98 Å². The molecule has 2 aromatic rings. The predicted octanol–water partition coefficient (Wildman–Crippen LogP) is 2.51. The van der Waals surface area contributed by atoms with Gasteiger partial charge in [0, 0.05) is 19.0 Å². The van der Waals surface area contributed by atoms with Crippen LogP contribution in [0.2, 0.25) is 0 Å². The van der Waals surface area contributed by atoms with Gasteiger partial charge in [0.2, 0.25) is 5.91 Å². The average molecular weight is 283 g/mol. The molecule has 0 bridgehead atoms. The number of rotatable bonds is 5. The van der Waals surface area contributed by atoms with E-state index in [9.17, 15) is 4.79 Å². The number of aryl methyl sites for hydroxylation is 1. The Morgan fingerprint density at radius 3 is 2.62 bits per heavy atom. The molecule has 1 aromatic heterocycles. The molecule has 0 spiro atoms. The van der Waals surface area contributed by atoms with E-state index in [0.29, 0.717) is 12.1 Å². The van der Waals surface area contributed by atoms with Crippen LogP contribution in [0.25, 0.3) is 0 Å². The molecule has 0 atom stereocenters. The van der Waals surface area contributed by atoms with E-state index >= 15 is 0 Å². The second-order valence-electron chi connectivity index (χ2n) is 5.24. The number of aromatic nitrogens is 2. The molecular formula is C17H21N3O. The molecule has 2 rings (SSSR count). The lowest BCUT2D eigenvalue weighted by atomic mass is 10.1. The summed E-state index contributed by atoms with van der Waals surface area (Å²) in [6, 6.07) is 10.2. The van der Waals surface area contributed by atoms with Gasteiger partial charge in [0.1, 0.15) is 5.82 Å². The first-order chi connectivity index (χ1) is 9.99. The highest BCUT2D eigenvalue weighted by Crippen LogP contribution is 2.15. The molecule has 1 heterocycles. The molecule has 0 aliphatic rings. The quantitative estimate of drug-likeness (QED) is 0.857. The Balaban J connectivity index is 2.20. The molecule has 0 aliphatic heterocycles. The number of benzene rings is 1. The van der Waals surface area contributed by atoms with Crippen molar-refractivity contribution < 1.29 is 4.79 Å². The summed E-state index contributed by atoms with van der Waals surface area (Å²) in [4.78, 5) is 16.3. The van der Waals surface area contributed by atoms with Crippen LogP contribution < -0.4 is 5.32 Å². The Hall–Kier alpha value is -2.36. The summed E-state index contributed by atoms with van der Waals surface area (Å²) in [7, 11) is 1.97. The molecule has 1 N–H and O–H groups in total. The maximum Gasteiger partial charge on any atom is 0.246 e. The maximum absolute atomic E-state index is 11.7. The number of amides is 1. The zero-order valence-corrected chi connectivity index (χ0v) is 12.8. The third-order valence-electron chi connectivity index (χ3n) is 3.54. The largest absolute Gasteiger partial charge is 0.347 e. The number of hydrogen-bond donors (Lipinski definition) is 1. The van der Waals surface area contributed by atoms with E-state index in [1.54, 1.807) is 6.92 Å². The fourth-order valence-electron chi connectivity index (χ4n) is 2.19. The Morgan fingerprint density at radius 1 is 1.33 bits per heavy atom. The SMILES string of the molecule is C=C(C)C(=O)NCc1c(Cc2ccccc2)nc(C)n1C. The molecule has 110 valence electrons. The first-order valence-corrected chi connectivity index (χ1v) is 6.97. The first kappa shape index (κ1) is 15.0.